The molecule has 1 aromatic heterocycles. The minimum absolute atomic E-state index is 0.471. The monoisotopic (exact) mass is 213 g/mol. The van der Waals surface area contributed by atoms with E-state index in [-0.39, 0.29) is 0 Å². The number of aromatic nitrogens is 2. The summed E-state index contributed by atoms with van der Waals surface area (Å²) in [5.74, 6) is 0.471. The molecule has 1 N–H and O–H groups in total. The predicted molar refractivity (Wildman–Crippen MR) is 60.7 cm³/mol. The minimum atomic E-state index is 0.471. The molecular formula is C10H19N3S. The van der Waals surface area contributed by atoms with E-state index >= 15 is 0 Å². The molecule has 2 unspecified atom stereocenters. The summed E-state index contributed by atoms with van der Waals surface area (Å²) in [5.41, 5.74) is 0. The Bertz CT molecular complexity index is 236. The Labute approximate surface area is 90.1 Å². The summed E-state index contributed by atoms with van der Waals surface area (Å²) in [4.78, 5) is 4.26. The third-order valence-corrected chi connectivity index (χ3v) is 3.33. The maximum Gasteiger partial charge on any atom is 0.129 e. The van der Waals surface area contributed by atoms with Crippen LogP contribution < -0.4 is 5.32 Å². The topological polar surface area (TPSA) is 37.8 Å². The molecule has 2 atom stereocenters. The molecule has 1 heterocycles. The van der Waals surface area contributed by atoms with Gasteiger partial charge in [-0.25, -0.2) is 4.98 Å². The van der Waals surface area contributed by atoms with E-state index in [9.17, 15) is 0 Å². The highest BCUT2D eigenvalue weighted by Crippen LogP contribution is 2.21. The second-order valence-corrected chi connectivity index (χ2v) is 4.35. The summed E-state index contributed by atoms with van der Waals surface area (Å²) in [7, 11) is 0. The van der Waals surface area contributed by atoms with Crippen LogP contribution in [-0.4, -0.2) is 21.9 Å². The van der Waals surface area contributed by atoms with E-state index in [0.29, 0.717) is 12.0 Å². The lowest BCUT2D eigenvalue weighted by Gasteiger charge is -2.21. The fraction of sp³-hybridized carbons (Fsp3) is 0.800. The maximum atomic E-state index is 4.26. The van der Waals surface area contributed by atoms with Crippen LogP contribution in [0.15, 0.2) is 6.33 Å². The molecule has 0 aliphatic heterocycles. The van der Waals surface area contributed by atoms with Gasteiger partial charge in [0.15, 0.2) is 0 Å². The van der Waals surface area contributed by atoms with Gasteiger partial charge in [-0.15, -0.1) is 0 Å². The number of hydrogen-bond acceptors (Lipinski definition) is 4. The van der Waals surface area contributed by atoms with Gasteiger partial charge in [0.05, 0.1) is 0 Å². The van der Waals surface area contributed by atoms with E-state index in [0.717, 1.165) is 18.0 Å². The minimum Gasteiger partial charge on any atom is -0.313 e. The van der Waals surface area contributed by atoms with Gasteiger partial charge in [0.25, 0.3) is 0 Å². The average molecular weight is 213 g/mol. The molecule has 0 radical (unpaired) electrons. The molecule has 0 saturated heterocycles. The van der Waals surface area contributed by atoms with Gasteiger partial charge in [0, 0.05) is 12.0 Å². The van der Waals surface area contributed by atoms with Gasteiger partial charge in [-0.2, -0.15) is 4.37 Å². The molecule has 0 aromatic carbocycles. The smallest absolute Gasteiger partial charge is 0.129 e. The standard InChI is InChI=1S/C10H19N3S/c1-4-6-11-9(5-2)8(3)10-12-7-13-14-10/h7-9,11H,4-6H2,1-3H3. The number of hydrogen-bond donors (Lipinski definition) is 1. The van der Waals surface area contributed by atoms with Crippen LogP contribution in [0.4, 0.5) is 0 Å². The van der Waals surface area contributed by atoms with Crippen molar-refractivity contribution in [3.8, 4) is 0 Å². The third-order valence-electron chi connectivity index (χ3n) is 2.47. The van der Waals surface area contributed by atoms with Crippen LogP contribution in [0.5, 0.6) is 0 Å². The van der Waals surface area contributed by atoms with Crippen LogP contribution in [0.2, 0.25) is 0 Å². The van der Waals surface area contributed by atoms with Crippen molar-refractivity contribution in [2.75, 3.05) is 6.54 Å². The maximum absolute atomic E-state index is 4.26. The Hall–Kier alpha value is -0.480. The zero-order valence-corrected chi connectivity index (χ0v) is 9.97. The molecule has 0 amide bonds. The van der Waals surface area contributed by atoms with Gasteiger partial charge < -0.3 is 5.32 Å². The van der Waals surface area contributed by atoms with Crippen LogP contribution in [-0.2, 0) is 0 Å². The molecule has 1 aromatic rings. The molecule has 0 spiro atoms. The number of nitrogens with zero attached hydrogens (tertiary/aromatic N) is 2. The molecule has 3 nitrogen and oxygen atoms in total. The molecule has 0 aliphatic rings. The fourth-order valence-electron chi connectivity index (χ4n) is 1.56. The molecular weight excluding hydrogens is 194 g/mol. The normalized spacial score (nSPS) is 15.4. The summed E-state index contributed by atoms with van der Waals surface area (Å²) < 4.78 is 4.04. The van der Waals surface area contributed by atoms with E-state index in [4.69, 9.17) is 0 Å². The van der Waals surface area contributed by atoms with Crippen molar-refractivity contribution >= 4 is 11.5 Å². The van der Waals surface area contributed by atoms with Gasteiger partial charge in [0.2, 0.25) is 0 Å². The highest BCUT2D eigenvalue weighted by molar-refractivity contribution is 7.05. The van der Waals surface area contributed by atoms with Crippen molar-refractivity contribution in [2.45, 2.75) is 45.6 Å². The van der Waals surface area contributed by atoms with Crippen LogP contribution in [0.25, 0.3) is 0 Å². The van der Waals surface area contributed by atoms with Crippen LogP contribution in [0, 0.1) is 0 Å². The summed E-state index contributed by atoms with van der Waals surface area (Å²) >= 11 is 1.51. The molecule has 14 heavy (non-hydrogen) atoms. The molecule has 0 saturated carbocycles. The quantitative estimate of drug-likeness (QED) is 0.788. The van der Waals surface area contributed by atoms with Crippen molar-refractivity contribution in [1.29, 1.82) is 0 Å². The van der Waals surface area contributed by atoms with Gasteiger partial charge in [0.1, 0.15) is 11.3 Å². The molecule has 0 aliphatic carbocycles. The molecule has 1 rings (SSSR count). The summed E-state index contributed by atoms with van der Waals surface area (Å²) in [6.45, 7) is 7.71. The SMILES string of the molecule is CCCNC(CC)C(C)c1ncns1. The highest BCUT2D eigenvalue weighted by Gasteiger charge is 2.18. The predicted octanol–water partition coefficient (Wildman–Crippen LogP) is 2.42. The van der Waals surface area contributed by atoms with Crippen molar-refractivity contribution in [3.05, 3.63) is 11.3 Å². The van der Waals surface area contributed by atoms with Gasteiger partial charge in [-0.05, 0) is 30.9 Å². The van der Waals surface area contributed by atoms with Gasteiger partial charge in [-0.1, -0.05) is 20.8 Å². The van der Waals surface area contributed by atoms with Crippen LogP contribution in [0.3, 0.4) is 0 Å². The number of rotatable bonds is 6. The second-order valence-electron chi connectivity index (χ2n) is 3.54. The van der Waals surface area contributed by atoms with E-state index in [1.54, 1.807) is 6.33 Å². The summed E-state index contributed by atoms with van der Waals surface area (Å²) in [6.07, 6.45) is 3.96. The zero-order valence-electron chi connectivity index (χ0n) is 9.16. The van der Waals surface area contributed by atoms with E-state index in [2.05, 4.69) is 35.4 Å². The Morgan fingerprint density at radius 2 is 2.29 bits per heavy atom. The Morgan fingerprint density at radius 1 is 1.50 bits per heavy atom. The molecule has 0 fully saturated rings. The Kier molecular flexibility index (Phi) is 5.04. The lowest BCUT2D eigenvalue weighted by atomic mass is 10.0. The van der Waals surface area contributed by atoms with Crippen molar-refractivity contribution < 1.29 is 0 Å². The Morgan fingerprint density at radius 3 is 2.79 bits per heavy atom. The average Bonchev–Trinajstić information content (AvgIpc) is 2.71. The van der Waals surface area contributed by atoms with Gasteiger partial charge in [-0.3, -0.25) is 0 Å². The first-order valence-electron chi connectivity index (χ1n) is 5.29. The zero-order chi connectivity index (χ0) is 10.4. The van der Waals surface area contributed by atoms with Gasteiger partial charge >= 0.3 is 0 Å². The van der Waals surface area contributed by atoms with Crippen molar-refractivity contribution in [3.63, 3.8) is 0 Å². The first-order chi connectivity index (χ1) is 6.79. The lowest BCUT2D eigenvalue weighted by molar-refractivity contribution is 0.437. The van der Waals surface area contributed by atoms with E-state index < -0.39 is 0 Å². The second kappa shape index (κ2) is 6.09. The highest BCUT2D eigenvalue weighted by atomic mass is 32.1. The summed E-state index contributed by atoms with van der Waals surface area (Å²) in [6, 6.07) is 0.530. The van der Waals surface area contributed by atoms with Crippen molar-refractivity contribution in [2.24, 2.45) is 0 Å². The molecule has 0 bridgehead atoms. The van der Waals surface area contributed by atoms with Crippen molar-refractivity contribution in [1.82, 2.24) is 14.7 Å². The largest absolute Gasteiger partial charge is 0.313 e. The Balaban J connectivity index is 2.51. The number of nitrogens with one attached hydrogen (secondary N) is 1. The third kappa shape index (κ3) is 3.03. The molecule has 4 heteroatoms. The van der Waals surface area contributed by atoms with E-state index in [1.807, 2.05) is 0 Å². The lowest BCUT2D eigenvalue weighted by Crippen LogP contribution is -2.33. The summed E-state index contributed by atoms with van der Waals surface area (Å²) in [5, 5.41) is 4.69. The fourth-order valence-corrected chi connectivity index (χ4v) is 2.19. The van der Waals surface area contributed by atoms with E-state index in [1.165, 1.54) is 18.0 Å². The first kappa shape index (κ1) is 11.6. The molecule has 80 valence electrons. The first-order valence-corrected chi connectivity index (χ1v) is 6.06. The van der Waals surface area contributed by atoms with Crippen LogP contribution >= 0.6 is 11.5 Å². The van der Waals surface area contributed by atoms with Crippen LogP contribution in [0.1, 0.15) is 44.5 Å².